The molecular weight excluding hydrogens is 292 g/mol. The van der Waals surface area contributed by atoms with Crippen LogP contribution in [0.1, 0.15) is 22.2 Å². The molecule has 3 amide bonds. The van der Waals surface area contributed by atoms with E-state index < -0.39 is 23.3 Å². The molecule has 0 spiro atoms. The predicted octanol–water partition coefficient (Wildman–Crippen LogP) is 2.12. The van der Waals surface area contributed by atoms with Crippen LogP contribution < -0.4 is 10.6 Å². The summed E-state index contributed by atoms with van der Waals surface area (Å²) in [7, 11) is 1.25. The number of aryl methyl sites for hydroxylation is 1. The van der Waals surface area contributed by atoms with Gasteiger partial charge < -0.3 is 10.1 Å². The fourth-order valence-electron chi connectivity index (χ4n) is 1.20. The number of methoxy groups -OCH3 is 1. The summed E-state index contributed by atoms with van der Waals surface area (Å²) in [6.07, 6.45) is 0. The molecule has 0 saturated heterocycles. The van der Waals surface area contributed by atoms with Crippen LogP contribution in [0.25, 0.3) is 0 Å². The van der Waals surface area contributed by atoms with E-state index in [-0.39, 0.29) is 4.88 Å². The first kappa shape index (κ1) is 15.5. The van der Waals surface area contributed by atoms with E-state index in [1.807, 2.05) is 0 Å². The number of carbonyl (C=O) groups excluding carboxylic acids is 3. The van der Waals surface area contributed by atoms with E-state index in [0.29, 0.717) is 11.3 Å². The van der Waals surface area contributed by atoms with Gasteiger partial charge in [0.2, 0.25) is 5.91 Å². The lowest BCUT2D eigenvalue weighted by Gasteiger charge is -2.09. The average Bonchev–Trinajstić information content (AvgIpc) is 2.70. The largest absolute Gasteiger partial charge is 0.465 e. The summed E-state index contributed by atoms with van der Waals surface area (Å²) in [5.74, 6) is -1.17. The van der Waals surface area contributed by atoms with Gasteiger partial charge >= 0.3 is 12.0 Å². The topological polar surface area (TPSA) is 84.5 Å². The normalized spacial score (nSPS) is 11.6. The molecule has 1 aromatic heterocycles. The van der Waals surface area contributed by atoms with Crippen molar-refractivity contribution < 1.29 is 19.1 Å². The van der Waals surface area contributed by atoms with E-state index >= 15 is 0 Å². The third-order valence-electron chi connectivity index (χ3n) is 2.18. The van der Waals surface area contributed by atoms with Gasteiger partial charge in [-0.25, -0.2) is 9.59 Å². The number of esters is 1. The molecule has 2 N–H and O–H groups in total. The minimum absolute atomic E-state index is 0.265. The molecule has 1 aromatic rings. The van der Waals surface area contributed by atoms with Crippen LogP contribution in [0.4, 0.5) is 10.5 Å². The molecule has 0 bridgehead atoms. The number of ether oxygens (including phenoxy) is 1. The molecule has 1 unspecified atom stereocenters. The van der Waals surface area contributed by atoms with Gasteiger partial charge in [-0.05, 0) is 24.8 Å². The van der Waals surface area contributed by atoms with Gasteiger partial charge in [0.15, 0.2) is 0 Å². The maximum Gasteiger partial charge on any atom is 0.350 e. The second-order valence-corrected chi connectivity index (χ2v) is 5.21. The molecular formula is C11H13ClN2O4S. The lowest BCUT2D eigenvalue weighted by atomic mass is 10.2. The lowest BCUT2D eigenvalue weighted by molar-refractivity contribution is -0.119. The van der Waals surface area contributed by atoms with E-state index in [1.165, 1.54) is 14.0 Å². The van der Waals surface area contributed by atoms with Crippen molar-refractivity contribution in [1.29, 1.82) is 0 Å². The van der Waals surface area contributed by atoms with Gasteiger partial charge in [0.05, 0.1) is 12.8 Å². The van der Waals surface area contributed by atoms with Crippen molar-refractivity contribution in [3.8, 4) is 0 Å². The van der Waals surface area contributed by atoms with Crippen LogP contribution in [0.2, 0.25) is 0 Å². The number of halogens is 1. The number of amides is 3. The van der Waals surface area contributed by atoms with Crippen molar-refractivity contribution in [2.45, 2.75) is 19.2 Å². The molecule has 0 aliphatic heterocycles. The molecule has 1 heterocycles. The van der Waals surface area contributed by atoms with E-state index in [4.69, 9.17) is 11.6 Å². The minimum atomic E-state index is -0.825. The Hall–Kier alpha value is -1.60. The summed E-state index contributed by atoms with van der Waals surface area (Å²) >= 11 is 6.67. The number of thiophene rings is 1. The molecule has 0 aliphatic carbocycles. The number of carbonyl (C=O) groups is 3. The Kier molecular flexibility index (Phi) is 5.31. The highest BCUT2D eigenvalue weighted by atomic mass is 35.5. The number of nitrogens with one attached hydrogen (secondary N) is 2. The van der Waals surface area contributed by atoms with E-state index in [2.05, 4.69) is 15.4 Å². The first-order valence-corrected chi connectivity index (χ1v) is 6.60. The number of urea groups is 1. The smallest absolute Gasteiger partial charge is 0.350 e. The highest BCUT2D eigenvalue weighted by molar-refractivity contribution is 7.12. The minimum Gasteiger partial charge on any atom is -0.465 e. The van der Waals surface area contributed by atoms with Crippen molar-refractivity contribution >= 4 is 46.5 Å². The Balaban J connectivity index is 2.82. The average molecular weight is 305 g/mol. The second-order valence-electron chi connectivity index (χ2n) is 3.67. The molecule has 6 nitrogen and oxygen atoms in total. The van der Waals surface area contributed by atoms with Crippen LogP contribution in [0, 0.1) is 6.92 Å². The molecule has 19 heavy (non-hydrogen) atoms. The van der Waals surface area contributed by atoms with Crippen LogP contribution in [0.15, 0.2) is 5.38 Å². The zero-order chi connectivity index (χ0) is 14.6. The van der Waals surface area contributed by atoms with Gasteiger partial charge in [0, 0.05) is 0 Å². The van der Waals surface area contributed by atoms with Crippen LogP contribution in [0.5, 0.6) is 0 Å². The number of rotatable bonds is 3. The van der Waals surface area contributed by atoms with Crippen molar-refractivity contribution in [2.24, 2.45) is 0 Å². The number of imide groups is 1. The van der Waals surface area contributed by atoms with Crippen molar-refractivity contribution in [2.75, 3.05) is 12.4 Å². The van der Waals surface area contributed by atoms with Crippen molar-refractivity contribution in [3.05, 3.63) is 15.8 Å². The Labute approximate surface area is 119 Å². The van der Waals surface area contributed by atoms with Gasteiger partial charge in [0.25, 0.3) is 0 Å². The van der Waals surface area contributed by atoms with Gasteiger partial charge in [-0.3, -0.25) is 10.1 Å². The Morgan fingerprint density at radius 3 is 2.58 bits per heavy atom. The van der Waals surface area contributed by atoms with E-state index in [1.54, 1.807) is 12.3 Å². The summed E-state index contributed by atoms with van der Waals surface area (Å²) in [6, 6.07) is -0.746. The number of anilines is 1. The fourth-order valence-corrected chi connectivity index (χ4v) is 2.18. The third-order valence-corrected chi connectivity index (χ3v) is 3.46. The molecule has 104 valence electrons. The molecule has 8 heteroatoms. The summed E-state index contributed by atoms with van der Waals surface area (Å²) in [5, 5.41) is 5.38. The first-order chi connectivity index (χ1) is 8.86. The number of alkyl halides is 1. The monoisotopic (exact) mass is 304 g/mol. The fraction of sp³-hybridized carbons (Fsp3) is 0.364. The lowest BCUT2D eigenvalue weighted by Crippen LogP contribution is -2.38. The van der Waals surface area contributed by atoms with Crippen molar-refractivity contribution in [3.63, 3.8) is 0 Å². The number of hydrogen-bond acceptors (Lipinski definition) is 5. The Morgan fingerprint density at radius 1 is 1.42 bits per heavy atom. The van der Waals surface area contributed by atoms with Crippen molar-refractivity contribution in [1.82, 2.24) is 5.32 Å². The SMILES string of the molecule is COC(=O)c1scc(C)c1NC(=O)NC(=O)C(C)Cl. The zero-order valence-corrected chi connectivity index (χ0v) is 12.1. The highest BCUT2D eigenvalue weighted by Crippen LogP contribution is 2.28. The molecule has 1 atom stereocenters. The predicted molar refractivity (Wildman–Crippen MR) is 72.9 cm³/mol. The summed E-state index contributed by atoms with van der Waals surface area (Å²) in [5.41, 5.74) is 1.02. The van der Waals surface area contributed by atoms with E-state index in [0.717, 1.165) is 11.3 Å². The van der Waals surface area contributed by atoms with Gasteiger partial charge in [-0.15, -0.1) is 22.9 Å². The molecule has 0 aromatic carbocycles. The molecule has 0 radical (unpaired) electrons. The summed E-state index contributed by atoms with van der Waals surface area (Å²) in [4.78, 5) is 34.6. The molecule has 0 fully saturated rings. The molecule has 0 aliphatic rings. The standard InChI is InChI=1S/C11H13ClN2O4S/c1-5-4-19-8(10(16)18-3)7(5)13-11(17)14-9(15)6(2)12/h4,6H,1-3H3,(H2,13,14,15,17). The molecule has 1 rings (SSSR count). The number of hydrogen-bond donors (Lipinski definition) is 2. The van der Waals surface area contributed by atoms with Crippen LogP contribution >= 0.6 is 22.9 Å². The second kappa shape index (κ2) is 6.53. The first-order valence-electron chi connectivity index (χ1n) is 5.29. The maximum atomic E-state index is 11.6. The van der Waals surface area contributed by atoms with E-state index in [9.17, 15) is 14.4 Å². The quantitative estimate of drug-likeness (QED) is 0.661. The molecule has 0 saturated carbocycles. The Morgan fingerprint density at radius 2 is 2.05 bits per heavy atom. The maximum absolute atomic E-state index is 11.6. The summed E-state index contributed by atoms with van der Waals surface area (Å²) in [6.45, 7) is 3.17. The van der Waals surface area contributed by atoms with Crippen LogP contribution in [-0.2, 0) is 9.53 Å². The van der Waals surface area contributed by atoms with Crippen LogP contribution in [0.3, 0.4) is 0 Å². The van der Waals surface area contributed by atoms with Gasteiger partial charge in [-0.1, -0.05) is 0 Å². The third kappa shape index (κ3) is 3.93. The highest BCUT2D eigenvalue weighted by Gasteiger charge is 2.20. The van der Waals surface area contributed by atoms with Crippen LogP contribution in [-0.4, -0.2) is 30.4 Å². The van der Waals surface area contributed by atoms with Gasteiger partial charge in [0.1, 0.15) is 10.3 Å². The Bertz CT molecular complexity index is 513. The van der Waals surface area contributed by atoms with Gasteiger partial charge in [-0.2, -0.15) is 0 Å². The summed E-state index contributed by atoms with van der Waals surface area (Å²) < 4.78 is 4.60. The zero-order valence-electron chi connectivity index (χ0n) is 10.6.